The standard InChI is InChI=1S/C17H22N4O3/c1-2-19-9-11-20(12-10-19)17-18-14-6-4-3-5-13(14)16(24)21(17)8-7-15(22)23/h3-6H,2,7-12H2,1H3,(H,22,23). The third-order valence-electron chi connectivity index (χ3n) is 4.49. The summed E-state index contributed by atoms with van der Waals surface area (Å²) >= 11 is 0. The molecule has 7 heteroatoms. The Bertz CT molecular complexity index is 794. The number of carbonyl (C=O) groups is 1. The Morgan fingerprint density at radius 2 is 1.92 bits per heavy atom. The largest absolute Gasteiger partial charge is 0.481 e. The van der Waals surface area contributed by atoms with Crippen molar-refractivity contribution in [3.63, 3.8) is 0 Å². The second-order valence-electron chi connectivity index (χ2n) is 5.95. The number of benzene rings is 1. The Labute approximate surface area is 140 Å². The molecule has 0 unspecified atom stereocenters. The van der Waals surface area contributed by atoms with E-state index < -0.39 is 5.97 Å². The van der Waals surface area contributed by atoms with Gasteiger partial charge in [-0.3, -0.25) is 14.2 Å². The molecule has 2 aromatic rings. The Morgan fingerprint density at radius 3 is 2.58 bits per heavy atom. The minimum atomic E-state index is -0.920. The summed E-state index contributed by atoms with van der Waals surface area (Å²) in [4.78, 5) is 32.9. The maximum atomic E-state index is 12.8. The lowest BCUT2D eigenvalue weighted by molar-refractivity contribution is -0.137. The molecular formula is C17H22N4O3. The molecule has 0 amide bonds. The number of rotatable bonds is 5. The minimum Gasteiger partial charge on any atom is -0.481 e. The van der Waals surface area contributed by atoms with Crippen LogP contribution in [0.3, 0.4) is 0 Å². The van der Waals surface area contributed by atoms with E-state index in [1.54, 1.807) is 12.1 Å². The average Bonchev–Trinajstić information content (AvgIpc) is 2.61. The lowest BCUT2D eigenvalue weighted by Crippen LogP contribution is -2.48. The minimum absolute atomic E-state index is 0.0954. The first-order valence-electron chi connectivity index (χ1n) is 8.29. The third-order valence-corrected chi connectivity index (χ3v) is 4.49. The van der Waals surface area contributed by atoms with Gasteiger partial charge >= 0.3 is 5.97 Å². The van der Waals surface area contributed by atoms with Gasteiger partial charge in [-0.1, -0.05) is 19.1 Å². The molecule has 1 fully saturated rings. The zero-order chi connectivity index (χ0) is 17.1. The number of fused-ring (bicyclic) bond motifs is 1. The fraction of sp³-hybridized carbons (Fsp3) is 0.471. The van der Waals surface area contributed by atoms with Crippen LogP contribution in [-0.4, -0.2) is 58.3 Å². The molecule has 1 aliphatic heterocycles. The van der Waals surface area contributed by atoms with Gasteiger partial charge in [0.05, 0.1) is 17.3 Å². The summed E-state index contributed by atoms with van der Waals surface area (Å²) in [7, 11) is 0. The lowest BCUT2D eigenvalue weighted by atomic mass is 10.2. The van der Waals surface area contributed by atoms with E-state index in [0.717, 1.165) is 32.7 Å². The van der Waals surface area contributed by atoms with Crippen LogP contribution in [-0.2, 0) is 11.3 Å². The highest BCUT2D eigenvalue weighted by molar-refractivity contribution is 5.78. The van der Waals surface area contributed by atoms with E-state index in [1.165, 1.54) is 4.57 Å². The fourth-order valence-electron chi connectivity index (χ4n) is 3.07. The van der Waals surface area contributed by atoms with Gasteiger partial charge in [0.25, 0.3) is 5.56 Å². The van der Waals surface area contributed by atoms with Gasteiger partial charge in [0.1, 0.15) is 0 Å². The van der Waals surface area contributed by atoms with Crippen LogP contribution in [0.4, 0.5) is 5.95 Å². The highest BCUT2D eigenvalue weighted by Crippen LogP contribution is 2.17. The van der Waals surface area contributed by atoms with E-state index in [9.17, 15) is 9.59 Å². The van der Waals surface area contributed by atoms with Crippen molar-refractivity contribution in [1.82, 2.24) is 14.5 Å². The first-order valence-corrected chi connectivity index (χ1v) is 8.29. The van der Waals surface area contributed by atoms with Crippen molar-refractivity contribution in [3.8, 4) is 0 Å². The Kier molecular flexibility index (Phi) is 4.80. The van der Waals surface area contributed by atoms with Gasteiger partial charge in [-0.05, 0) is 18.7 Å². The molecule has 0 aliphatic carbocycles. The first kappa shape index (κ1) is 16.4. The smallest absolute Gasteiger partial charge is 0.305 e. The molecule has 7 nitrogen and oxygen atoms in total. The maximum Gasteiger partial charge on any atom is 0.305 e. The number of hydrogen-bond donors (Lipinski definition) is 1. The molecule has 3 rings (SSSR count). The molecule has 2 heterocycles. The summed E-state index contributed by atoms with van der Waals surface area (Å²) in [5.41, 5.74) is 0.483. The Balaban J connectivity index is 2.02. The van der Waals surface area contributed by atoms with Crippen LogP contribution >= 0.6 is 0 Å². The molecule has 1 aliphatic rings. The fourth-order valence-corrected chi connectivity index (χ4v) is 3.07. The Hall–Kier alpha value is -2.41. The van der Waals surface area contributed by atoms with Crippen molar-refractivity contribution < 1.29 is 9.90 Å². The molecule has 0 spiro atoms. The van der Waals surface area contributed by atoms with Gasteiger partial charge in [0, 0.05) is 32.7 Å². The lowest BCUT2D eigenvalue weighted by Gasteiger charge is -2.35. The van der Waals surface area contributed by atoms with Crippen LogP contribution in [0.5, 0.6) is 0 Å². The number of para-hydroxylation sites is 1. The molecule has 0 atom stereocenters. The van der Waals surface area contributed by atoms with E-state index in [-0.39, 0.29) is 18.5 Å². The van der Waals surface area contributed by atoms with Crippen molar-refractivity contribution in [2.24, 2.45) is 0 Å². The predicted molar refractivity (Wildman–Crippen MR) is 92.6 cm³/mol. The number of aliphatic carboxylic acids is 1. The van der Waals surface area contributed by atoms with E-state index in [4.69, 9.17) is 5.11 Å². The number of nitrogens with zero attached hydrogens (tertiary/aromatic N) is 4. The van der Waals surface area contributed by atoms with Gasteiger partial charge in [-0.15, -0.1) is 0 Å². The molecular weight excluding hydrogens is 308 g/mol. The first-order chi connectivity index (χ1) is 11.6. The van der Waals surface area contributed by atoms with E-state index in [0.29, 0.717) is 16.9 Å². The summed E-state index contributed by atoms with van der Waals surface area (Å²) in [6, 6.07) is 7.21. The van der Waals surface area contributed by atoms with Gasteiger partial charge in [0.2, 0.25) is 5.95 Å². The third kappa shape index (κ3) is 3.26. The second kappa shape index (κ2) is 7.00. The van der Waals surface area contributed by atoms with Crippen LogP contribution in [0.1, 0.15) is 13.3 Å². The van der Waals surface area contributed by atoms with Crippen molar-refractivity contribution in [3.05, 3.63) is 34.6 Å². The topological polar surface area (TPSA) is 78.7 Å². The zero-order valence-electron chi connectivity index (χ0n) is 13.8. The van der Waals surface area contributed by atoms with Crippen molar-refractivity contribution in [1.29, 1.82) is 0 Å². The number of aromatic nitrogens is 2. The number of hydrogen-bond acceptors (Lipinski definition) is 5. The van der Waals surface area contributed by atoms with Crippen molar-refractivity contribution >= 4 is 22.8 Å². The summed E-state index contributed by atoms with van der Waals surface area (Å²) in [6.07, 6.45) is -0.0954. The van der Waals surface area contributed by atoms with E-state index in [2.05, 4.69) is 21.7 Å². The van der Waals surface area contributed by atoms with Crippen LogP contribution in [0, 0.1) is 0 Å². The summed E-state index contributed by atoms with van der Waals surface area (Å²) in [6.45, 7) is 6.67. The molecule has 1 saturated heterocycles. The van der Waals surface area contributed by atoms with Crippen LogP contribution < -0.4 is 10.5 Å². The normalized spacial score (nSPS) is 15.8. The van der Waals surface area contributed by atoms with Crippen LogP contribution in [0.2, 0.25) is 0 Å². The molecule has 1 aromatic carbocycles. The molecule has 128 valence electrons. The van der Waals surface area contributed by atoms with Gasteiger partial charge < -0.3 is 14.9 Å². The molecule has 0 radical (unpaired) electrons. The number of piperazine rings is 1. The summed E-state index contributed by atoms with van der Waals surface area (Å²) in [5.74, 6) is -0.340. The molecule has 1 N–H and O–H groups in total. The maximum absolute atomic E-state index is 12.8. The number of anilines is 1. The highest BCUT2D eigenvalue weighted by Gasteiger charge is 2.21. The predicted octanol–water partition coefficient (Wildman–Crippen LogP) is 1.01. The average molecular weight is 330 g/mol. The second-order valence-corrected chi connectivity index (χ2v) is 5.95. The summed E-state index contributed by atoms with van der Waals surface area (Å²) < 4.78 is 1.51. The van der Waals surface area contributed by atoms with Gasteiger partial charge in [0.15, 0.2) is 0 Å². The van der Waals surface area contributed by atoms with E-state index in [1.807, 2.05) is 12.1 Å². The van der Waals surface area contributed by atoms with Gasteiger partial charge in [-0.2, -0.15) is 0 Å². The number of carboxylic acid groups (broad SMARTS) is 1. The monoisotopic (exact) mass is 330 g/mol. The molecule has 24 heavy (non-hydrogen) atoms. The number of likely N-dealkylation sites (N-methyl/N-ethyl adjacent to an activating group) is 1. The molecule has 0 bridgehead atoms. The molecule has 0 saturated carbocycles. The zero-order valence-corrected chi connectivity index (χ0v) is 13.8. The van der Waals surface area contributed by atoms with Crippen LogP contribution in [0.15, 0.2) is 29.1 Å². The quantitative estimate of drug-likeness (QED) is 0.882. The van der Waals surface area contributed by atoms with E-state index >= 15 is 0 Å². The van der Waals surface area contributed by atoms with Crippen molar-refractivity contribution in [2.75, 3.05) is 37.6 Å². The summed E-state index contributed by atoms with van der Waals surface area (Å²) in [5, 5.41) is 9.52. The SMILES string of the molecule is CCN1CCN(c2nc3ccccc3c(=O)n2CCC(=O)O)CC1. The Morgan fingerprint density at radius 1 is 1.21 bits per heavy atom. The molecule has 1 aromatic heterocycles. The highest BCUT2D eigenvalue weighted by atomic mass is 16.4. The van der Waals surface area contributed by atoms with Crippen LogP contribution in [0.25, 0.3) is 10.9 Å². The number of carboxylic acids is 1. The van der Waals surface area contributed by atoms with Gasteiger partial charge in [-0.25, -0.2) is 4.98 Å². The van der Waals surface area contributed by atoms with Crippen molar-refractivity contribution in [2.45, 2.75) is 19.9 Å².